The van der Waals surface area contributed by atoms with Crippen molar-refractivity contribution in [2.45, 2.75) is 32.4 Å². The summed E-state index contributed by atoms with van der Waals surface area (Å²) in [5, 5.41) is 12.7. The monoisotopic (exact) mass is 468 g/mol. The average molecular weight is 469 g/mol. The van der Waals surface area contributed by atoms with Gasteiger partial charge in [0, 0.05) is 50.5 Å². The van der Waals surface area contributed by atoms with Crippen molar-refractivity contribution < 1.29 is 19.4 Å². The highest BCUT2D eigenvalue weighted by molar-refractivity contribution is 5.89. The second-order valence-corrected chi connectivity index (χ2v) is 9.25. The fourth-order valence-electron chi connectivity index (χ4n) is 4.01. The molecule has 3 atom stereocenters. The number of nitrogens with one attached hydrogen (secondary N) is 1. The minimum atomic E-state index is -0.352. The van der Waals surface area contributed by atoms with Crippen LogP contribution in [0.3, 0.4) is 0 Å². The molecular formula is C26H36N4O4. The van der Waals surface area contributed by atoms with Crippen LogP contribution in [-0.2, 0) is 11.2 Å². The molecule has 3 amide bonds. The Balaban J connectivity index is 1.88. The number of anilines is 2. The molecule has 0 radical (unpaired) electrons. The SMILES string of the molecule is C[C@H]1CN([C@@H](C)CO)C(=O)Cc2cc(N(C)C)ccc2O[C@H]1CN(C)C(=O)Nc1ccccc1. The van der Waals surface area contributed by atoms with Gasteiger partial charge < -0.3 is 29.9 Å². The number of carbonyl (C=O) groups excluding carboxylic acids is 2. The molecule has 0 saturated heterocycles. The second-order valence-electron chi connectivity index (χ2n) is 9.25. The fraction of sp³-hybridized carbons (Fsp3) is 0.462. The van der Waals surface area contributed by atoms with Crippen LogP contribution in [0.1, 0.15) is 19.4 Å². The van der Waals surface area contributed by atoms with E-state index in [0.29, 0.717) is 18.8 Å². The summed E-state index contributed by atoms with van der Waals surface area (Å²) >= 11 is 0. The van der Waals surface area contributed by atoms with Crippen molar-refractivity contribution in [3.63, 3.8) is 0 Å². The molecule has 0 spiro atoms. The molecule has 1 heterocycles. The highest BCUT2D eigenvalue weighted by Gasteiger charge is 2.31. The van der Waals surface area contributed by atoms with Crippen molar-refractivity contribution in [2.24, 2.45) is 5.92 Å². The zero-order chi connectivity index (χ0) is 24.8. The first-order valence-electron chi connectivity index (χ1n) is 11.6. The van der Waals surface area contributed by atoms with Crippen LogP contribution in [0.15, 0.2) is 48.5 Å². The molecule has 34 heavy (non-hydrogen) atoms. The number of rotatable bonds is 6. The van der Waals surface area contributed by atoms with E-state index in [-0.39, 0.29) is 43.0 Å². The van der Waals surface area contributed by atoms with Gasteiger partial charge in [0.05, 0.1) is 25.6 Å². The van der Waals surface area contributed by atoms with Crippen molar-refractivity contribution in [1.29, 1.82) is 0 Å². The van der Waals surface area contributed by atoms with Gasteiger partial charge in [0.15, 0.2) is 0 Å². The van der Waals surface area contributed by atoms with Crippen LogP contribution in [0.25, 0.3) is 0 Å². The Morgan fingerprint density at radius 3 is 2.56 bits per heavy atom. The molecule has 3 rings (SSSR count). The van der Waals surface area contributed by atoms with Gasteiger partial charge in [-0.05, 0) is 37.3 Å². The molecule has 2 N–H and O–H groups in total. The first-order valence-corrected chi connectivity index (χ1v) is 11.6. The largest absolute Gasteiger partial charge is 0.488 e. The zero-order valence-electron chi connectivity index (χ0n) is 20.7. The zero-order valence-corrected chi connectivity index (χ0v) is 20.7. The molecule has 2 aromatic rings. The van der Waals surface area contributed by atoms with E-state index in [2.05, 4.69) is 5.32 Å². The average Bonchev–Trinajstić information content (AvgIpc) is 2.86. The van der Waals surface area contributed by atoms with Crippen molar-refractivity contribution in [3.8, 4) is 5.75 Å². The second kappa shape index (κ2) is 11.2. The van der Waals surface area contributed by atoms with Crippen LogP contribution >= 0.6 is 0 Å². The molecule has 0 aromatic heterocycles. The molecule has 0 saturated carbocycles. The highest BCUT2D eigenvalue weighted by atomic mass is 16.5. The molecule has 1 aliphatic rings. The third-order valence-corrected chi connectivity index (χ3v) is 6.24. The van der Waals surface area contributed by atoms with E-state index in [1.807, 2.05) is 81.4 Å². The predicted molar refractivity (Wildman–Crippen MR) is 134 cm³/mol. The Morgan fingerprint density at radius 2 is 1.91 bits per heavy atom. The molecule has 8 nitrogen and oxygen atoms in total. The number of carbonyl (C=O) groups is 2. The molecule has 2 aromatic carbocycles. The Labute approximate surface area is 202 Å². The van der Waals surface area contributed by atoms with E-state index in [9.17, 15) is 14.7 Å². The molecule has 0 bridgehead atoms. The predicted octanol–water partition coefficient (Wildman–Crippen LogP) is 3.07. The summed E-state index contributed by atoms with van der Waals surface area (Å²) in [5.74, 6) is 0.514. The van der Waals surface area contributed by atoms with E-state index in [0.717, 1.165) is 16.9 Å². The summed E-state index contributed by atoms with van der Waals surface area (Å²) in [6.07, 6.45) is -0.166. The number of likely N-dealkylation sites (N-methyl/N-ethyl adjacent to an activating group) is 1. The van der Waals surface area contributed by atoms with E-state index in [4.69, 9.17) is 4.74 Å². The minimum Gasteiger partial charge on any atom is -0.488 e. The third kappa shape index (κ3) is 6.20. The van der Waals surface area contributed by atoms with Crippen molar-refractivity contribution in [1.82, 2.24) is 9.80 Å². The van der Waals surface area contributed by atoms with Gasteiger partial charge in [-0.3, -0.25) is 4.79 Å². The quantitative estimate of drug-likeness (QED) is 0.681. The molecule has 184 valence electrons. The summed E-state index contributed by atoms with van der Waals surface area (Å²) in [7, 11) is 5.63. The van der Waals surface area contributed by atoms with Gasteiger partial charge in [0.1, 0.15) is 11.9 Å². The van der Waals surface area contributed by atoms with Gasteiger partial charge in [-0.15, -0.1) is 0 Å². The summed E-state index contributed by atoms with van der Waals surface area (Å²) in [4.78, 5) is 31.3. The Kier molecular flexibility index (Phi) is 8.39. The number of urea groups is 1. The normalized spacial score (nSPS) is 19.1. The number of amides is 3. The maximum Gasteiger partial charge on any atom is 0.321 e. The number of hydrogen-bond acceptors (Lipinski definition) is 5. The molecule has 0 fully saturated rings. The van der Waals surface area contributed by atoms with Crippen molar-refractivity contribution in [3.05, 3.63) is 54.1 Å². The fourth-order valence-corrected chi connectivity index (χ4v) is 4.01. The lowest BCUT2D eigenvalue weighted by molar-refractivity contribution is -0.134. The van der Waals surface area contributed by atoms with Crippen LogP contribution in [-0.4, -0.2) is 79.8 Å². The molecule has 0 aliphatic carbocycles. The van der Waals surface area contributed by atoms with Crippen molar-refractivity contribution in [2.75, 3.05) is 51.1 Å². The summed E-state index contributed by atoms with van der Waals surface area (Å²) < 4.78 is 6.46. The van der Waals surface area contributed by atoms with Gasteiger partial charge in [-0.2, -0.15) is 0 Å². The van der Waals surface area contributed by atoms with Crippen LogP contribution in [0.5, 0.6) is 5.75 Å². The van der Waals surface area contributed by atoms with Crippen LogP contribution < -0.4 is 15.0 Å². The van der Waals surface area contributed by atoms with Gasteiger partial charge in [0.25, 0.3) is 0 Å². The smallest absolute Gasteiger partial charge is 0.321 e. The number of hydrogen-bond donors (Lipinski definition) is 2. The number of fused-ring (bicyclic) bond motifs is 1. The van der Waals surface area contributed by atoms with Gasteiger partial charge in [0.2, 0.25) is 5.91 Å². The Morgan fingerprint density at radius 1 is 1.21 bits per heavy atom. The van der Waals surface area contributed by atoms with Gasteiger partial charge in [-0.25, -0.2) is 4.79 Å². The third-order valence-electron chi connectivity index (χ3n) is 6.24. The number of aliphatic hydroxyl groups excluding tert-OH is 1. The maximum absolute atomic E-state index is 13.2. The number of benzene rings is 2. The summed E-state index contributed by atoms with van der Waals surface area (Å²) in [6, 6.07) is 14.6. The standard InChI is InChI=1S/C26H36N4O4/c1-18-15-30(19(2)17-31)25(32)14-20-13-22(28(3)4)11-12-23(20)34-24(18)16-29(5)26(33)27-21-9-7-6-8-10-21/h6-13,18-19,24,31H,14-17H2,1-5H3,(H,27,33)/t18-,19-,24-/m0/s1. The highest BCUT2D eigenvalue weighted by Crippen LogP contribution is 2.30. The number of aliphatic hydroxyl groups is 1. The molecule has 8 heteroatoms. The van der Waals surface area contributed by atoms with Crippen molar-refractivity contribution >= 4 is 23.3 Å². The molecule has 0 unspecified atom stereocenters. The van der Waals surface area contributed by atoms with Gasteiger partial charge >= 0.3 is 6.03 Å². The lowest BCUT2D eigenvalue weighted by Gasteiger charge is -2.34. The number of ether oxygens (including phenoxy) is 1. The van der Waals surface area contributed by atoms with E-state index >= 15 is 0 Å². The summed E-state index contributed by atoms with van der Waals surface area (Å²) in [5.41, 5.74) is 2.49. The molecule has 1 aliphatic heterocycles. The number of nitrogens with zero attached hydrogens (tertiary/aromatic N) is 3. The molecular weight excluding hydrogens is 432 g/mol. The summed E-state index contributed by atoms with van der Waals surface area (Å²) in [6.45, 7) is 4.50. The lowest BCUT2D eigenvalue weighted by atomic mass is 10.0. The van der Waals surface area contributed by atoms with Gasteiger partial charge in [-0.1, -0.05) is 25.1 Å². The topological polar surface area (TPSA) is 85.4 Å². The first kappa shape index (κ1) is 25.4. The van der Waals surface area contributed by atoms with Crippen LogP contribution in [0, 0.1) is 5.92 Å². The lowest BCUT2D eigenvalue weighted by Crippen LogP contribution is -2.48. The Bertz CT molecular complexity index is 982. The van der Waals surface area contributed by atoms with E-state index in [1.54, 1.807) is 16.8 Å². The van der Waals surface area contributed by atoms with Crippen LogP contribution in [0.2, 0.25) is 0 Å². The van der Waals surface area contributed by atoms with Crippen LogP contribution in [0.4, 0.5) is 16.2 Å². The van der Waals surface area contributed by atoms with E-state index in [1.165, 1.54) is 0 Å². The van der Waals surface area contributed by atoms with E-state index < -0.39 is 0 Å². The minimum absolute atomic E-state index is 0.0509. The number of para-hydroxylation sites is 1. The maximum atomic E-state index is 13.2. The Hall–Kier alpha value is -3.26. The first-order chi connectivity index (χ1) is 16.2.